The van der Waals surface area contributed by atoms with Gasteiger partial charge in [-0.25, -0.2) is 9.18 Å². The van der Waals surface area contributed by atoms with Crippen molar-refractivity contribution in [2.24, 2.45) is 0 Å². The molecule has 2 rings (SSSR count). The lowest BCUT2D eigenvalue weighted by molar-refractivity contribution is -0.132. The summed E-state index contributed by atoms with van der Waals surface area (Å²) in [6.07, 6.45) is 1.57. The molecule has 0 aromatic heterocycles. The van der Waals surface area contributed by atoms with Crippen LogP contribution < -0.4 is 0 Å². The highest BCUT2D eigenvalue weighted by atomic mass is 19.1. The van der Waals surface area contributed by atoms with E-state index in [-0.39, 0.29) is 5.76 Å². The third kappa shape index (κ3) is 1.44. The fourth-order valence-corrected chi connectivity index (χ4v) is 1.31. The lowest BCUT2D eigenvalue weighted by Crippen LogP contribution is -1.90. The fourth-order valence-electron chi connectivity index (χ4n) is 1.31. The molecule has 0 unspecified atom stereocenters. The van der Waals surface area contributed by atoms with Crippen molar-refractivity contribution in [3.8, 4) is 0 Å². The number of halogens is 1. The Morgan fingerprint density at radius 1 is 1.21 bits per heavy atom. The van der Waals surface area contributed by atoms with Gasteiger partial charge in [0.15, 0.2) is 5.76 Å². The van der Waals surface area contributed by atoms with E-state index in [4.69, 9.17) is 0 Å². The zero-order valence-electron chi connectivity index (χ0n) is 7.24. The number of carbonyl (C=O) groups excluding carboxylic acids is 1. The molecule has 2 nitrogen and oxygen atoms in total. The summed E-state index contributed by atoms with van der Waals surface area (Å²) < 4.78 is 17.0. The van der Waals surface area contributed by atoms with Crippen LogP contribution in [0.2, 0.25) is 0 Å². The lowest BCUT2D eigenvalue weighted by Gasteiger charge is -2.01. The SMILES string of the molecule is O=C1C=C(c2ccccc2)/C(=C\F)O1. The van der Waals surface area contributed by atoms with Crippen molar-refractivity contribution in [2.45, 2.75) is 0 Å². The van der Waals surface area contributed by atoms with Crippen molar-refractivity contribution >= 4 is 11.5 Å². The van der Waals surface area contributed by atoms with Crippen LogP contribution in [0, 0.1) is 0 Å². The van der Waals surface area contributed by atoms with Gasteiger partial charge in [-0.2, -0.15) is 0 Å². The number of hydrogen-bond donors (Lipinski definition) is 0. The van der Waals surface area contributed by atoms with E-state index in [2.05, 4.69) is 4.74 Å². The van der Waals surface area contributed by atoms with Crippen molar-refractivity contribution < 1.29 is 13.9 Å². The quantitative estimate of drug-likeness (QED) is 0.636. The number of allylic oxidation sites excluding steroid dienone is 1. The number of hydrogen-bond acceptors (Lipinski definition) is 2. The van der Waals surface area contributed by atoms with E-state index < -0.39 is 5.97 Å². The van der Waals surface area contributed by atoms with Crippen molar-refractivity contribution in [2.75, 3.05) is 0 Å². The van der Waals surface area contributed by atoms with Crippen LogP contribution in [0.25, 0.3) is 5.57 Å². The Morgan fingerprint density at radius 2 is 1.93 bits per heavy atom. The molecule has 0 amide bonds. The van der Waals surface area contributed by atoms with Gasteiger partial charge in [0.05, 0.1) is 0 Å². The predicted octanol–water partition coefficient (Wildman–Crippen LogP) is 2.44. The second kappa shape index (κ2) is 3.46. The highest BCUT2D eigenvalue weighted by Crippen LogP contribution is 2.29. The summed E-state index contributed by atoms with van der Waals surface area (Å²) in [7, 11) is 0. The topological polar surface area (TPSA) is 26.3 Å². The molecule has 0 saturated heterocycles. The second-order valence-corrected chi connectivity index (χ2v) is 2.82. The van der Waals surface area contributed by atoms with Gasteiger partial charge >= 0.3 is 5.97 Å². The van der Waals surface area contributed by atoms with Gasteiger partial charge in [0.1, 0.15) is 6.33 Å². The van der Waals surface area contributed by atoms with Gasteiger partial charge in [0.2, 0.25) is 0 Å². The van der Waals surface area contributed by atoms with Gasteiger partial charge in [-0.15, -0.1) is 0 Å². The van der Waals surface area contributed by atoms with Crippen LogP contribution >= 0.6 is 0 Å². The molecule has 1 heterocycles. The standard InChI is InChI=1S/C11H7FO2/c12-7-10-9(6-11(13)14-10)8-4-2-1-3-5-8/h1-7H/b10-7+. The average Bonchev–Trinajstić information content (AvgIpc) is 2.61. The van der Waals surface area contributed by atoms with E-state index in [1.807, 2.05) is 18.2 Å². The van der Waals surface area contributed by atoms with Crippen LogP contribution in [-0.2, 0) is 9.53 Å². The van der Waals surface area contributed by atoms with Crippen molar-refractivity contribution in [1.29, 1.82) is 0 Å². The first-order valence-corrected chi connectivity index (χ1v) is 4.11. The van der Waals surface area contributed by atoms with Gasteiger partial charge in [-0.1, -0.05) is 30.3 Å². The summed E-state index contributed by atoms with van der Waals surface area (Å²) in [5.74, 6) is -0.561. The zero-order chi connectivity index (χ0) is 9.97. The summed E-state index contributed by atoms with van der Waals surface area (Å²) >= 11 is 0. The van der Waals surface area contributed by atoms with Crippen LogP contribution in [0.15, 0.2) is 48.5 Å². The Morgan fingerprint density at radius 3 is 2.57 bits per heavy atom. The molecule has 1 aliphatic rings. The number of benzene rings is 1. The molecule has 1 aromatic carbocycles. The largest absolute Gasteiger partial charge is 0.420 e. The van der Waals surface area contributed by atoms with Crippen molar-refractivity contribution in [1.82, 2.24) is 0 Å². The van der Waals surface area contributed by atoms with Gasteiger partial charge in [0.25, 0.3) is 0 Å². The minimum Gasteiger partial charge on any atom is -0.420 e. The Hall–Kier alpha value is -1.90. The van der Waals surface area contributed by atoms with Crippen LogP contribution in [0.3, 0.4) is 0 Å². The number of esters is 1. The molecule has 0 aliphatic carbocycles. The molecule has 1 aromatic rings. The van der Waals surface area contributed by atoms with Gasteiger partial charge in [-0.05, 0) is 5.56 Å². The van der Waals surface area contributed by atoms with Crippen molar-refractivity contribution in [3.05, 3.63) is 54.1 Å². The molecule has 3 heteroatoms. The summed E-state index contributed by atoms with van der Waals surface area (Å²) in [5, 5.41) is 0. The molecule has 0 atom stereocenters. The molecule has 0 radical (unpaired) electrons. The van der Waals surface area contributed by atoms with E-state index in [0.29, 0.717) is 11.9 Å². The minimum atomic E-state index is -0.534. The van der Waals surface area contributed by atoms with Gasteiger partial charge < -0.3 is 4.74 Å². The number of ether oxygens (including phenoxy) is 1. The van der Waals surface area contributed by atoms with E-state index >= 15 is 0 Å². The van der Waals surface area contributed by atoms with Crippen LogP contribution in [0.4, 0.5) is 4.39 Å². The van der Waals surface area contributed by atoms with Gasteiger partial charge in [-0.3, -0.25) is 0 Å². The first-order valence-electron chi connectivity index (χ1n) is 4.11. The minimum absolute atomic E-state index is 0.0267. The number of cyclic esters (lactones) is 1. The molecule has 0 N–H and O–H groups in total. The number of carbonyl (C=O) groups is 1. The molecule has 14 heavy (non-hydrogen) atoms. The summed E-state index contributed by atoms with van der Waals surface area (Å²) in [6, 6.07) is 9.05. The van der Waals surface area contributed by atoms with E-state index in [1.54, 1.807) is 12.1 Å². The van der Waals surface area contributed by atoms with E-state index in [0.717, 1.165) is 5.56 Å². The van der Waals surface area contributed by atoms with E-state index in [9.17, 15) is 9.18 Å². The maximum absolute atomic E-state index is 12.3. The molecule has 0 saturated carbocycles. The molecule has 0 fully saturated rings. The lowest BCUT2D eigenvalue weighted by atomic mass is 10.1. The monoisotopic (exact) mass is 190 g/mol. The Balaban J connectivity index is 2.44. The second-order valence-electron chi connectivity index (χ2n) is 2.82. The average molecular weight is 190 g/mol. The highest BCUT2D eigenvalue weighted by molar-refractivity contribution is 6.01. The highest BCUT2D eigenvalue weighted by Gasteiger charge is 2.21. The maximum Gasteiger partial charge on any atom is 0.337 e. The zero-order valence-corrected chi connectivity index (χ0v) is 7.24. The first-order chi connectivity index (χ1) is 6.81. The Bertz CT molecular complexity index is 418. The molecular formula is C11H7FO2. The fraction of sp³-hybridized carbons (Fsp3) is 0. The van der Waals surface area contributed by atoms with Crippen LogP contribution in [0.5, 0.6) is 0 Å². The molecule has 0 spiro atoms. The smallest absolute Gasteiger partial charge is 0.337 e. The first kappa shape index (κ1) is 8.69. The summed E-state index contributed by atoms with van der Waals surface area (Å²) in [4.78, 5) is 10.9. The van der Waals surface area contributed by atoms with Crippen LogP contribution in [0.1, 0.15) is 5.56 Å². The Labute approximate surface area is 80.3 Å². The molecule has 1 aliphatic heterocycles. The molecule has 0 bridgehead atoms. The normalized spacial score (nSPS) is 18.2. The maximum atomic E-state index is 12.3. The number of rotatable bonds is 1. The Kier molecular flexibility index (Phi) is 2.14. The predicted molar refractivity (Wildman–Crippen MR) is 49.7 cm³/mol. The van der Waals surface area contributed by atoms with E-state index in [1.165, 1.54) is 6.08 Å². The summed E-state index contributed by atoms with van der Waals surface area (Å²) in [6.45, 7) is 0. The van der Waals surface area contributed by atoms with Gasteiger partial charge in [0, 0.05) is 11.6 Å². The summed E-state index contributed by atoms with van der Waals surface area (Å²) in [5.41, 5.74) is 1.25. The molecule has 70 valence electrons. The molecular weight excluding hydrogens is 183 g/mol. The van der Waals surface area contributed by atoms with Crippen molar-refractivity contribution in [3.63, 3.8) is 0 Å². The third-order valence-electron chi connectivity index (χ3n) is 1.92. The van der Waals surface area contributed by atoms with Crippen LogP contribution in [-0.4, -0.2) is 5.97 Å². The third-order valence-corrected chi connectivity index (χ3v) is 1.92.